The Morgan fingerprint density at radius 3 is 2.82 bits per heavy atom. The molecule has 1 aromatic rings. The van der Waals surface area contributed by atoms with Gasteiger partial charge in [-0.1, -0.05) is 0 Å². The number of aromatic nitrogens is 1. The monoisotopic (exact) mass is 352 g/mol. The third-order valence-electron chi connectivity index (χ3n) is 2.01. The van der Waals surface area contributed by atoms with Gasteiger partial charge in [-0.15, -0.1) is 0 Å². The Labute approximate surface area is 110 Å². The molecule has 0 spiro atoms. The highest BCUT2D eigenvalue weighted by Crippen LogP contribution is 2.27. The molecule has 1 rings (SSSR count). The quantitative estimate of drug-likeness (QED) is 0.618. The van der Waals surface area contributed by atoms with Crippen LogP contribution in [-0.2, 0) is 16.0 Å². The molecule has 17 heavy (non-hydrogen) atoms. The summed E-state index contributed by atoms with van der Waals surface area (Å²) in [5.74, 6) is -0.538. The second kappa shape index (κ2) is 5.86. The number of pyridine rings is 1. The summed E-state index contributed by atoms with van der Waals surface area (Å²) in [5.41, 5.74) is -0.307. The van der Waals surface area contributed by atoms with Crippen LogP contribution in [0.2, 0.25) is 0 Å². The second-order valence-corrected chi connectivity index (χ2v) is 4.09. The summed E-state index contributed by atoms with van der Waals surface area (Å²) in [6.45, 7) is 0. The average molecular weight is 352 g/mol. The first-order valence-corrected chi connectivity index (χ1v) is 5.51. The zero-order chi connectivity index (χ0) is 13.0. The molecule has 0 saturated heterocycles. The molecule has 0 radical (unpaired) electrons. The maximum absolute atomic E-state index is 12.6. The molecule has 0 amide bonds. The standard InChI is InChI=1S/C10H7F2IN2O2/c1-17-8(16)2-7-9(13)5(3-14)6(4-15-7)10(11)12/h4,10H,2H2,1H3. The van der Waals surface area contributed by atoms with E-state index in [1.54, 1.807) is 28.7 Å². The van der Waals surface area contributed by atoms with E-state index < -0.39 is 18.0 Å². The minimum atomic E-state index is -2.77. The molecular formula is C10H7F2IN2O2. The summed E-state index contributed by atoms with van der Waals surface area (Å²) in [7, 11) is 1.22. The molecule has 0 aliphatic rings. The van der Waals surface area contributed by atoms with Crippen molar-refractivity contribution in [3.8, 4) is 6.07 Å². The Morgan fingerprint density at radius 1 is 1.71 bits per heavy atom. The van der Waals surface area contributed by atoms with Gasteiger partial charge in [0.25, 0.3) is 6.43 Å². The molecule has 0 aliphatic heterocycles. The Kier molecular flexibility index (Phi) is 4.74. The van der Waals surface area contributed by atoms with E-state index in [1.165, 1.54) is 7.11 Å². The number of halogens is 3. The number of hydrogen-bond acceptors (Lipinski definition) is 4. The van der Waals surface area contributed by atoms with Crippen LogP contribution in [0, 0.1) is 14.9 Å². The third kappa shape index (κ3) is 3.09. The van der Waals surface area contributed by atoms with E-state index in [2.05, 4.69) is 9.72 Å². The van der Waals surface area contributed by atoms with Crippen molar-refractivity contribution in [2.45, 2.75) is 12.8 Å². The molecule has 0 aliphatic carbocycles. The number of methoxy groups -OCH3 is 1. The smallest absolute Gasteiger partial charge is 0.311 e. The zero-order valence-corrected chi connectivity index (χ0v) is 10.9. The van der Waals surface area contributed by atoms with Crippen LogP contribution in [0.1, 0.15) is 23.2 Å². The summed E-state index contributed by atoms with van der Waals surface area (Å²) in [4.78, 5) is 14.8. The van der Waals surface area contributed by atoms with Gasteiger partial charge in [0.1, 0.15) is 6.07 Å². The molecular weight excluding hydrogens is 345 g/mol. The predicted molar refractivity (Wildman–Crippen MR) is 62.3 cm³/mol. The van der Waals surface area contributed by atoms with Crippen LogP contribution in [0.3, 0.4) is 0 Å². The van der Waals surface area contributed by atoms with E-state index in [0.29, 0.717) is 0 Å². The fraction of sp³-hybridized carbons (Fsp3) is 0.300. The predicted octanol–water partition coefficient (Wildman–Crippen LogP) is 2.21. The molecule has 90 valence electrons. The lowest BCUT2D eigenvalue weighted by Gasteiger charge is -2.08. The fourth-order valence-electron chi connectivity index (χ4n) is 1.15. The maximum atomic E-state index is 12.6. The maximum Gasteiger partial charge on any atom is 0.311 e. The first-order chi connectivity index (χ1) is 8.01. The van der Waals surface area contributed by atoms with Crippen molar-refractivity contribution < 1.29 is 18.3 Å². The van der Waals surface area contributed by atoms with Gasteiger partial charge in [-0.05, 0) is 22.6 Å². The van der Waals surface area contributed by atoms with Crippen molar-refractivity contribution in [1.82, 2.24) is 4.98 Å². The molecule has 0 bridgehead atoms. The van der Waals surface area contributed by atoms with Gasteiger partial charge < -0.3 is 4.74 Å². The molecule has 7 heteroatoms. The van der Waals surface area contributed by atoms with E-state index in [4.69, 9.17) is 5.26 Å². The minimum Gasteiger partial charge on any atom is -0.469 e. The Balaban J connectivity index is 3.21. The Bertz CT molecular complexity index is 486. The van der Waals surface area contributed by atoms with E-state index in [-0.39, 0.29) is 21.2 Å². The van der Waals surface area contributed by atoms with Crippen LogP contribution >= 0.6 is 22.6 Å². The molecule has 0 aromatic carbocycles. The van der Waals surface area contributed by atoms with Crippen molar-refractivity contribution in [3.63, 3.8) is 0 Å². The van der Waals surface area contributed by atoms with Gasteiger partial charge in [-0.25, -0.2) is 8.78 Å². The number of ether oxygens (including phenoxy) is 1. The lowest BCUT2D eigenvalue weighted by Crippen LogP contribution is -2.10. The Hall–Kier alpha value is -1.30. The molecule has 0 N–H and O–H groups in total. The summed E-state index contributed by atoms with van der Waals surface area (Å²) >= 11 is 1.72. The first kappa shape index (κ1) is 13.8. The number of carbonyl (C=O) groups is 1. The average Bonchev–Trinajstić information content (AvgIpc) is 2.30. The molecule has 0 saturated carbocycles. The van der Waals surface area contributed by atoms with Crippen LogP contribution in [0.25, 0.3) is 0 Å². The summed E-state index contributed by atoms with van der Waals surface area (Å²) in [5, 5.41) is 8.83. The van der Waals surface area contributed by atoms with Crippen molar-refractivity contribution in [2.24, 2.45) is 0 Å². The number of hydrogen-bond donors (Lipinski definition) is 0. The highest BCUT2D eigenvalue weighted by atomic mass is 127. The van der Waals surface area contributed by atoms with E-state index in [9.17, 15) is 13.6 Å². The van der Waals surface area contributed by atoms with E-state index in [0.717, 1.165) is 6.20 Å². The largest absolute Gasteiger partial charge is 0.469 e. The van der Waals surface area contributed by atoms with Crippen LogP contribution in [0.5, 0.6) is 0 Å². The second-order valence-electron chi connectivity index (χ2n) is 3.01. The lowest BCUT2D eigenvalue weighted by molar-refractivity contribution is -0.139. The Morgan fingerprint density at radius 2 is 2.35 bits per heavy atom. The number of nitrogens with zero attached hydrogens (tertiary/aromatic N) is 2. The summed E-state index contributed by atoms with van der Waals surface area (Å²) in [6.07, 6.45) is -1.99. The summed E-state index contributed by atoms with van der Waals surface area (Å²) < 4.78 is 29.8. The van der Waals surface area contributed by atoms with E-state index >= 15 is 0 Å². The van der Waals surface area contributed by atoms with Crippen LogP contribution in [0.4, 0.5) is 8.78 Å². The van der Waals surface area contributed by atoms with Gasteiger partial charge in [-0.3, -0.25) is 9.78 Å². The number of carbonyl (C=O) groups excluding carboxylic acids is 1. The third-order valence-corrected chi connectivity index (χ3v) is 3.17. The number of rotatable bonds is 3. The van der Waals surface area contributed by atoms with Gasteiger partial charge in [-0.2, -0.15) is 5.26 Å². The van der Waals surface area contributed by atoms with Crippen molar-refractivity contribution >= 4 is 28.6 Å². The number of alkyl halides is 2. The molecule has 0 atom stereocenters. The fourth-order valence-corrected chi connectivity index (χ4v) is 1.91. The molecule has 1 heterocycles. The molecule has 0 unspecified atom stereocenters. The summed E-state index contributed by atoms with van der Waals surface area (Å²) in [6, 6.07) is 1.70. The van der Waals surface area contributed by atoms with Crippen molar-refractivity contribution in [1.29, 1.82) is 5.26 Å². The van der Waals surface area contributed by atoms with Crippen molar-refractivity contribution in [3.05, 3.63) is 26.6 Å². The highest BCUT2D eigenvalue weighted by Gasteiger charge is 2.20. The zero-order valence-electron chi connectivity index (χ0n) is 8.71. The van der Waals surface area contributed by atoms with Crippen LogP contribution in [0.15, 0.2) is 6.20 Å². The lowest BCUT2D eigenvalue weighted by atomic mass is 10.1. The first-order valence-electron chi connectivity index (χ1n) is 4.43. The SMILES string of the molecule is COC(=O)Cc1ncc(C(F)F)c(C#N)c1I. The van der Waals surface area contributed by atoms with Crippen LogP contribution in [-0.4, -0.2) is 18.1 Å². The number of esters is 1. The van der Waals surface area contributed by atoms with Gasteiger partial charge in [0.15, 0.2) is 0 Å². The van der Waals surface area contributed by atoms with E-state index in [1.807, 2.05) is 0 Å². The minimum absolute atomic E-state index is 0.144. The number of nitriles is 1. The molecule has 1 aromatic heterocycles. The highest BCUT2D eigenvalue weighted by molar-refractivity contribution is 14.1. The van der Waals surface area contributed by atoms with Gasteiger partial charge in [0, 0.05) is 6.20 Å². The van der Waals surface area contributed by atoms with Crippen molar-refractivity contribution in [2.75, 3.05) is 7.11 Å². The normalized spacial score (nSPS) is 10.1. The molecule has 4 nitrogen and oxygen atoms in total. The van der Waals surface area contributed by atoms with Crippen LogP contribution < -0.4 is 0 Å². The van der Waals surface area contributed by atoms with Gasteiger partial charge in [0.2, 0.25) is 0 Å². The topological polar surface area (TPSA) is 63.0 Å². The van der Waals surface area contributed by atoms with Gasteiger partial charge in [0.05, 0.1) is 33.9 Å². The molecule has 0 fully saturated rings. The van der Waals surface area contributed by atoms with Gasteiger partial charge >= 0.3 is 5.97 Å².